The zero-order chi connectivity index (χ0) is 23.2. The summed E-state index contributed by atoms with van der Waals surface area (Å²) in [7, 11) is 0. The van der Waals surface area contributed by atoms with Gasteiger partial charge in [0, 0.05) is 49.8 Å². The standard InChI is InChI=1S/C24H23N5O4/c30-23(24(31)27-20-7-9-21(10-8-20)29(32)33)26-15-22(18-6-3-12-25-14-18)28-13-11-17-4-1-2-5-19(17)16-28/h1-10,12,14,22H,11,13,15-16H2,(H,26,30)(H,27,31)/t22-/m0/s1. The van der Waals surface area contributed by atoms with Crippen molar-refractivity contribution in [2.75, 3.05) is 18.4 Å². The van der Waals surface area contributed by atoms with Gasteiger partial charge in [-0.25, -0.2) is 0 Å². The van der Waals surface area contributed by atoms with E-state index in [0.717, 1.165) is 25.1 Å². The van der Waals surface area contributed by atoms with Crippen LogP contribution >= 0.6 is 0 Å². The number of amides is 2. The van der Waals surface area contributed by atoms with Crippen LogP contribution in [0.5, 0.6) is 0 Å². The number of non-ortho nitro benzene ring substituents is 1. The van der Waals surface area contributed by atoms with Crippen LogP contribution in [0.4, 0.5) is 11.4 Å². The van der Waals surface area contributed by atoms with Gasteiger partial charge in [-0.2, -0.15) is 0 Å². The van der Waals surface area contributed by atoms with Crippen LogP contribution in [0, 0.1) is 10.1 Å². The Hall–Kier alpha value is -4.11. The fourth-order valence-electron chi connectivity index (χ4n) is 3.94. The predicted molar refractivity (Wildman–Crippen MR) is 122 cm³/mol. The monoisotopic (exact) mass is 445 g/mol. The highest BCUT2D eigenvalue weighted by atomic mass is 16.6. The molecule has 168 valence electrons. The molecule has 3 aromatic rings. The predicted octanol–water partition coefficient (Wildman–Crippen LogP) is 2.84. The molecule has 2 heterocycles. The van der Waals surface area contributed by atoms with Gasteiger partial charge < -0.3 is 10.6 Å². The lowest BCUT2D eigenvalue weighted by atomic mass is 9.97. The SMILES string of the molecule is O=C(NC[C@@H](c1cccnc1)N1CCc2ccccc2C1)C(=O)Nc1ccc([N+](=O)[O-])cc1. The minimum atomic E-state index is -0.835. The molecule has 0 unspecified atom stereocenters. The zero-order valence-corrected chi connectivity index (χ0v) is 17.8. The van der Waals surface area contributed by atoms with Crippen LogP contribution in [0.2, 0.25) is 0 Å². The van der Waals surface area contributed by atoms with Gasteiger partial charge in [0.15, 0.2) is 0 Å². The molecule has 4 rings (SSSR count). The molecule has 1 aromatic heterocycles. The summed E-state index contributed by atoms with van der Waals surface area (Å²) in [6.45, 7) is 1.79. The van der Waals surface area contributed by atoms with Crippen LogP contribution in [0.15, 0.2) is 73.1 Å². The summed E-state index contributed by atoms with van der Waals surface area (Å²) in [6.07, 6.45) is 4.37. The fraction of sp³-hybridized carbons (Fsp3) is 0.208. The fourth-order valence-corrected chi connectivity index (χ4v) is 3.94. The molecular weight excluding hydrogens is 422 g/mol. The molecule has 2 aromatic carbocycles. The van der Waals surface area contributed by atoms with E-state index >= 15 is 0 Å². The van der Waals surface area contributed by atoms with Crippen LogP contribution in [-0.4, -0.2) is 39.7 Å². The molecule has 9 nitrogen and oxygen atoms in total. The van der Waals surface area contributed by atoms with E-state index < -0.39 is 16.7 Å². The molecular formula is C24H23N5O4. The highest BCUT2D eigenvalue weighted by Gasteiger charge is 2.26. The number of nitro benzene ring substituents is 1. The Morgan fingerprint density at radius 2 is 1.79 bits per heavy atom. The van der Waals surface area contributed by atoms with Crippen molar-refractivity contribution < 1.29 is 14.5 Å². The molecule has 0 radical (unpaired) electrons. The first kappa shape index (κ1) is 22.1. The number of hydrogen-bond acceptors (Lipinski definition) is 6. The molecule has 2 N–H and O–H groups in total. The summed E-state index contributed by atoms with van der Waals surface area (Å²) < 4.78 is 0. The average molecular weight is 445 g/mol. The number of anilines is 1. The van der Waals surface area contributed by atoms with Crippen molar-refractivity contribution in [1.82, 2.24) is 15.2 Å². The van der Waals surface area contributed by atoms with Crippen molar-refractivity contribution in [3.8, 4) is 0 Å². The second kappa shape index (κ2) is 10.0. The number of nitrogens with zero attached hydrogens (tertiary/aromatic N) is 3. The quantitative estimate of drug-likeness (QED) is 0.342. The van der Waals surface area contributed by atoms with Crippen LogP contribution < -0.4 is 10.6 Å². The van der Waals surface area contributed by atoms with Crippen molar-refractivity contribution >= 4 is 23.2 Å². The van der Waals surface area contributed by atoms with Crippen molar-refractivity contribution in [2.24, 2.45) is 0 Å². The smallest absolute Gasteiger partial charge is 0.313 e. The van der Waals surface area contributed by atoms with Gasteiger partial charge in [-0.05, 0) is 41.3 Å². The van der Waals surface area contributed by atoms with E-state index in [9.17, 15) is 19.7 Å². The first-order valence-electron chi connectivity index (χ1n) is 10.6. The lowest BCUT2D eigenvalue weighted by Crippen LogP contribution is -2.43. The number of nitro groups is 1. The van der Waals surface area contributed by atoms with E-state index in [0.29, 0.717) is 5.69 Å². The summed E-state index contributed by atoms with van der Waals surface area (Å²) in [5.41, 5.74) is 3.73. The van der Waals surface area contributed by atoms with E-state index in [1.165, 1.54) is 35.4 Å². The summed E-state index contributed by atoms with van der Waals surface area (Å²) in [4.78, 5) is 41.5. The Morgan fingerprint density at radius 1 is 1.03 bits per heavy atom. The van der Waals surface area contributed by atoms with Gasteiger partial charge >= 0.3 is 11.8 Å². The Labute approximate surface area is 190 Å². The van der Waals surface area contributed by atoms with Crippen LogP contribution in [-0.2, 0) is 22.6 Å². The number of benzene rings is 2. The molecule has 1 aliphatic rings. The topological polar surface area (TPSA) is 117 Å². The first-order chi connectivity index (χ1) is 16.0. The molecule has 0 saturated heterocycles. The number of carbonyl (C=O) groups excluding carboxylic acids is 2. The molecule has 0 bridgehead atoms. The molecule has 0 fully saturated rings. The maximum atomic E-state index is 12.5. The van der Waals surface area contributed by atoms with Crippen molar-refractivity contribution in [3.05, 3.63) is 99.9 Å². The molecule has 0 saturated carbocycles. The molecule has 33 heavy (non-hydrogen) atoms. The maximum absolute atomic E-state index is 12.5. The second-order valence-corrected chi connectivity index (χ2v) is 7.76. The number of fused-ring (bicyclic) bond motifs is 1. The lowest BCUT2D eigenvalue weighted by molar-refractivity contribution is -0.384. The molecule has 0 spiro atoms. The van der Waals surface area contributed by atoms with Crippen molar-refractivity contribution in [2.45, 2.75) is 19.0 Å². The van der Waals surface area contributed by atoms with E-state index in [-0.39, 0.29) is 18.3 Å². The summed E-state index contributed by atoms with van der Waals surface area (Å²) in [6, 6.07) is 17.3. The van der Waals surface area contributed by atoms with Gasteiger partial charge in [0.25, 0.3) is 5.69 Å². The van der Waals surface area contributed by atoms with E-state index in [1.807, 2.05) is 24.3 Å². The normalized spacial score (nSPS) is 14.1. The minimum Gasteiger partial charge on any atom is -0.346 e. The van der Waals surface area contributed by atoms with Crippen molar-refractivity contribution in [1.29, 1.82) is 0 Å². The van der Waals surface area contributed by atoms with Crippen LogP contribution in [0.3, 0.4) is 0 Å². The number of carbonyl (C=O) groups is 2. The first-order valence-corrected chi connectivity index (χ1v) is 10.6. The van der Waals surface area contributed by atoms with Gasteiger partial charge in [-0.3, -0.25) is 29.6 Å². The number of nitrogens with one attached hydrogen (secondary N) is 2. The summed E-state index contributed by atoms with van der Waals surface area (Å²) >= 11 is 0. The molecule has 0 aliphatic carbocycles. The van der Waals surface area contributed by atoms with Gasteiger partial charge in [0.05, 0.1) is 11.0 Å². The molecule has 1 aliphatic heterocycles. The Bertz CT molecular complexity index is 1150. The molecule has 2 amide bonds. The second-order valence-electron chi connectivity index (χ2n) is 7.76. The van der Waals surface area contributed by atoms with Gasteiger partial charge in [0.1, 0.15) is 0 Å². The minimum absolute atomic E-state index is 0.0973. The average Bonchev–Trinajstić information content (AvgIpc) is 2.85. The van der Waals surface area contributed by atoms with Crippen molar-refractivity contribution in [3.63, 3.8) is 0 Å². The third-order valence-electron chi connectivity index (χ3n) is 5.67. The Morgan fingerprint density at radius 3 is 2.48 bits per heavy atom. The van der Waals surface area contributed by atoms with E-state index in [1.54, 1.807) is 12.4 Å². The highest BCUT2D eigenvalue weighted by Crippen LogP contribution is 2.27. The third kappa shape index (κ3) is 5.39. The third-order valence-corrected chi connectivity index (χ3v) is 5.67. The highest BCUT2D eigenvalue weighted by molar-refractivity contribution is 6.39. The van der Waals surface area contributed by atoms with Crippen LogP contribution in [0.1, 0.15) is 22.7 Å². The Kier molecular flexibility index (Phi) is 6.70. The summed E-state index contributed by atoms with van der Waals surface area (Å²) in [5.74, 6) is -1.61. The van der Waals surface area contributed by atoms with Crippen LogP contribution in [0.25, 0.3) is 0 Å². The lowest BCUT2D eigenvalue weighted by Gasteiger charge is -2.35. The summed E-state index contributed by atoms with van der Waals surface area (Å²) in [5, 5.41) is 15.9. The number of aromatic nitrogens is 1. The zero-order valence-electron chi connectivity index (χ0n) is 17.8. The number of rotatable bonds is 6. The number of pyridine rings is 1. The Balaban J connectivity index is 1.42. The van der Waals surface area contributed by atoms with Gasteiger partial charge in [-0.1, -0.05) is 30.3 Å². The largest absolute Gasteiger partial charge is 0.346 e. The van der Waals surface area contributed by atoms with Gasteiger partial charge in [-0.15, -0.1) is 0 Å². The molecule has 1 atom stereocenters. The maximum Gasteiger partial charge on any atom is 0.313 e. The number of hydrogen-bond donors (Lipinski definition) is 2. The van der Waals surface area contributed by atoms with E-state index in [2.05, 4.69) is 32.7 Å². The van der Waals surface area contributed by atoms with Gasteiger partial charge in [0.2, 0.25) is 0 Å². The molecule has 9 heteroatoms. The van der Waals surface area contributed by atoms with E-state index in [4.69, 9.17) is 0 Å².